The standard InChI is InChI=1S/C11H12BrF2N/c12-11-9(5-8(13)6-10(11)14)7-1-3-15-4-2-7/h5-7,15H,1-4H2. The van der Waals surface area contributed by atoms with Crippen LogP contribution in [0.1, 0.15) is 24.3 Å². The molecule has 4 heteroatoms. The number of piperidine rings is 1. The summed E-state index contributed by atoms with van der Waals surface area (Å²) in [5, 5.41) is 3.23. The Bertz CT molecular complexity index is 362. The summed E-state index contributed by atoms with van der Waals surface area (Å²) in [5.41, 5.74) is 0.758. The molecule has 1 aliphatic rings. The molecule has 1 saturated heterocycles. The molecule has 1 aromatic rings. The van der Waals surface area contributed by atoms with E-state index in [1.807, 2.05) is 0 Å². The minimum atomic E-state index is -0.511. The molecule has 0 unspecified atom stereocenters. The molecule has 1 heterocycles. The van der Waals surface area contributed by atoms with Gasteiger partial charge in [-0.3, -0.25) is 0 Å². The molecule has 1 fully saturated rings. The zero-order chi connectivity index (χ0) is 10.8. The van der Waals surface area contributed by atoms with Gasteiger partial charge in [-0.1, -0.05) is 0 Å². The third kappa shape index (κ3) is 2.37. The van der Waals surface area contributed by atoms with Crippen molar-refractivity contribution in [1.82, 2.24) is 5.32 Å². The predicted molar refractivity (Wildman–Crippen MR) is 58.9 cm³/mol. The van der Waals surface area contributed by atoms with E-state index in [1.165, 1.54) is 6.07 Å². The van der Waals surface area contributed by atoms with Crippen molar-refractivity contribution in [3.05, 3.63) is 33.8 Å². The Balaban J connectivity index is 2.33. The van der Waals surface area contributed by atoms with E-state index in [1.54, 1.807) is 0 Å². The molecule has 1 nitrogen and oxygen atoms in total. The fourth-order valence-electron chi connectivity index (χ4n) is 2.01. The van der Waals surface area contributed by atoms with Gasteiger partial charge in [0.05, 0.1) is 4.47 Å². The third-order valence-corrected chi connectivity index (χ3v) is 3.64. The van der Waals surface area contributed by atoms with E-state index in [9.17, 15) is 8.78 Å². The van der Waals surface area contributed by atoms with E-state index < -0.39 is 11.6 Å². The number of benzene rings is 1. The van der Waals surface area contributed by atoms with Gasteiger partial charge in [0.1, 0.15) is 11.6 Å². The summed E-state index contributed by atoms with van der Waals surface area (Å²) < 4.78 is 26.8. The summed E-state index contributed by atoms with van der Waals surface area (Å²) in [6.07, 6.45) is 1.86. The van der Waals surface area contributed by atoms with Gasteiger partial charge in [-0.15, -0.1) is 0 Å². The second kappa shape index (κ2) is 4.58. The third-order valence-electron chi connectivity index (χ3n) is 2.80. The lowest BCUT2D eigenvalue weighted by atomic mass is 9.90. The highest BCUT2D eigenvalue weighted by molar-refractivity contribution is 9.10. The Kier molecular flexibility index (Phi) is 3.36. The van der Waals surface area contributed by atoms with Crippen molar-refractivity contribution in [3.8, 4) is 0 Å². The molecular weight excluding hydrogens is 264 g/mol. The molecule has 0 spiro atoms. The van der Waals surface area contributed by atoms with Crippen LogP contribution in [-0.2, 0) is 0 Å². The average Bonchev–Trinajstić information content (AvgIpc) is 2.24. The minimum absolute atomic E-state index is 0.255. The number of rotatable bonds is 1. The number of hydrogen-bond donors (Lipinski definition) is 1. The summed E-state index contributed by atoms with van der Waals surface area (Å²) in [4.78, 5) is 0. The van der Waals surface area contributed by atoms with Gasteiger partial charge in [0.2, 0.25) is 0 Å². The zero-order valence-corrected chi connectivity index (χ0v) is 9.78. The van der Waals surface area contributed by atoms with Gasteiger partial charge >= 0.3 is 0 Å². The van der Waals surface area contributed by atoms with E-state index in [0.717, 1.165) is 37.6 Å². The minimum Gasteiger partial charge on any atom is -0.317 e. The Morgan fingerprint density at radius 3 is 2.53 bits per heavy atom. The van der Waals surface area contributed by atoms with Gasteiger partial charge in [-0.25, -0.2) is 8.78 Å². The van der Waals surface area contributed by atoms with Crippen LogP contribution in [0.4, 0.5) is 8.78 Å². The van der Waals surface area contributed by atoms with Crippen LogP contribution in [0.15, 0.2) is 16.6 Å². The lowest BCUT2D eigenvalue weighted by molar-refractivity contribution is 0.454. The lowest BCUT2D eigenvalue weighted by Crippen LogP contribution is -2.26. The van der Waals surface area contributed by atoms with Crippen LogP contribution in [0, 0.1) is 11.6 Å². The van der Waals surface area contributed by atoms with E-state index >= 15 is 0 Å². The Morgan fingerprint density at radius 1 is 1.20 bits per heavy atom. The Morgan fingerprint density at radius 2 is 1.87 bits per heavy atom. The first-order valence-corrected chi connectivity index (χ1v) is 5.83. The summed E-state index contributed by atoms with van der Waals surface area (Å²) in [6.45, 7) is 1.82. The van der Waals surface area contributed by atoms with Crippen LogP contribution >= 0.6 is 15.9 Å². The summed E-state index contributed by atoms with van der Waals surface area (Å²) in [6, 6.07) is 2.35. The fraction of sp³-hybridized carbons (Fsp3) is 0.455. The van der Waals surface area contributed by atoms with E-state index in [2.05, 4.69) is 21.2 Å². The molecule has 1 N–H and O–H groups in total. The van der Waals surface area contributed by atoms with Gasteiger partial charge in [0.25, 0.3) is 0 Å². The van der Waals surface area contributed by atoms with Gasteiger partial charge in [0.15, 0.2) is 0 Å². The molecule has 15 heavy (non-hydrogen) atoms. The second-order valence-corrected chi connectivity index (χ2v) is 4.61. The maximum Gasteiger partial charge on any atom is 0.140 e. The Hall–Kier alpha value is -0.480. The summed E-state index contributed by atoms with van der Waals surface area (Å²) in [5.74, 6) is -0.751. The fourth-order valence-corrected chi connectivity index (χ4v) is 2.56. The molecule has 0 radical (unpaired) electrons. The molecular formula is C11H12BrF2N. The van der Waals surface area contributed by atoms with Gasteiger partial charge < -0.3 is 5.32 Å². The highest BCUT2D eigenvalue weighted by Crippen LogP contribution is 2.33. The van der Waals surface area contributed by atoms with Crippen LogP contribution in [0.3, 0.4) is 0 Å². The first kappa shape index (κ1) is 11.0. The first-order chi connectivity index (χ1) is 7.18. The van der Waals surface area contributed by atoms with E-state index in [4.69, 9.17) is 0 Å². The van der Waals surface area contributed by atoms with Gasteiger partial charge in [-0.2, -0.15) is 0 Å². The Labute approximate surface area is 96.0 Å². The number of hydrogen-bond acceptors (Lipinski definition) is 1. The average molecular weight is 276 g/mol. The molecule has 1 aromatic carbocycles. The zero-order valence-electron chi connectivity index (χ0n) is 8.19. The van der Waals surface area contributed by atoms with Crippen LogP contribution in [0.2, 0.25) is 0 Å². The van der Waals surface area contributed by atoms with Crippen molar-refractivity contribution >= 4 is 15.9 Å². The first-order valence-electron chi connectivity index (χ1n) is 5.03. The second-order valence-electron chi connectivity index (χ2n) is 3.82. The van der Waals surface area contributed by atoms with Gasteiger partial charge in [0, 0.05) is 6.07 Å². The van der Waals surface area contributed by atoms with Crippen LogP contribution in [0.25, 0.3) is 0 Å². The van der Waals surface area contributed by atoms with Crippen LogP contribution < -0.4 is 5.32 Å². The highest BCUT2D eigenvalue weighted by atomic mass is 79.9. The van der Waals surface area contributed by atoms with Crippen molar-refractivity contribution in [2.75, 3.05) is 13.1 Å². The lowest BCUT2D eigenvalue weighted by Gasteiger charge is -2.24. The topological polar surface area (TPSA) is 12.0 Å². The smallest absolute Gasteiger partial charge is 0.140 e. The van der Waals surface area contributed by atoms with Gasteiger partial charge in [-0.05, 0) is 59.4 Å². The maximum absolute atomic E-state index is 13.3. The number of halogens is 3. The van der Waals surface area contributed by atoms with Crippen LogP contribution in [0.5, 0.6) is 0 Å². The monoisotopic (exact) mass is 275 g/mol. The van der Waals surface area contributed by atoms with Crippen molar-refractivity contribution in [2.45, 2.75) is 18.8 Å². The van der Waals surface area contributed by atoms with E-state index in [-0.39, 0.29) is 5.92 Å². The normalized spacial score (nSPS) is 18.1. The molecule has 0 amide bonds. The number of nitrogens with one attached hydrogen (secondary N) is 1. The van der Waals surface area contributed by atoms with Crippen molar-refractivity contribution in [3.63, 3.8) is 0 Å². The molecule has 1 aliphatic heterocycles. The van der Waals surface area contributed by atoms with Crippen molar-refractivity contribution in [1.29, 1.82) is 0 Å². The molecule has 0 aliphatic carbocycles. The SMILES string of the molecule is Fc1cc(F)c(Br)c(C2CCNCC2)c1. The molecule has 82 valence electrons. The highest BCUT2D eigenvalue weighted by Gasteiger charge is 2.20. The summed E-state index contributed by atoms with van der Waals surface area (Å²) >= 11 is 3.19. The molecule has 0 atom stereocenters. The molecule has 0 saturated carbocycles. The maximum atomic E-state index is 13.3. The van der Waals surface area contributed by atoms with Crippen molar-refractivity contribution < 1.29 is 8.78 Å². The van der Waals surface area contributed by atoms with Crippen molar-refractivity contribution in [2.24, 2.45) is 0 Å². The molecule has 2 rings (SSSR count). The quantitative estimate of drug-likeness (QED) is 0.777. The molecule has 0 bridgehead atoms. The predicted octanol–water partition coefficient (Wildman–Crippen LogP) is 3.19. The largest absolute Gasteiger partial charge is 0.317 e. The van der Waals surface area contributed by atoms with Crippen LogP contribution in [-0.4, -0.2) is 13.1 Å². The van der Waals surface area contributed by atoms with E-state index in [0.29, 0.717) is 4.47 Å². The molecule has 0 aromatic heterocycles. The summed E-state index contributed by atoms with van der Waals surface area (Å²) in [7, 11) is 0.